The lowest BCUT2D eigenvalue weighted by Gasteiger charge is -2.16. The average molecular weight is 332 g/mol. The minimum atomic E-state index is -0.576. The molecule has 134 valence electrons. The molecular formula is C21H32O3. The first-order valence-electron chi connectivity index (χ1n) is 9.52. The monoisotopic (exact) mass is 332 g/mol. The molecule has 2 aliphatic rings. The fourth-order valence-electron chi connectivity index (χ4n) is 3.11. The molecule has 1 N–H and O–H groups in total. The molecular weight excluding hydrogens is 300 g/mol. The van der Waals surface area contributed by atoms with Crippen LogP contribution in [0.25, 0.3) is 0 Å². The Morgan fingerprint density at radius 3 is 2.46 bits per heavy atom. The van der Waals surface area contributed by atoms with Gasteiger partial charge in [0.15, 0.2) is 5.79 Å². The zero-order valence-corrected chi connectivity index (χ0v) is 15.4. The van der Waals surface area contributed by atoms with E-state index in [2.05, 4.69) is 23.7 Å². The Bertz CT molecular complexity index is 499. The van der Waals surface area contributed by atoms with Gasteiger partial charge in [-0.1, -0.05) is 57.3 Å². The summed E-state index contributed by atoms with van der Waals surface area (Å²) in [6, 6.07) is 0. The first-order chi connectivity index (χ1) is 11.5. The Balaban J connectivity index is 1.72. The largest absolute Gasteiger partial charge is 0.380 e. The Morgan fingerprint density at radius 1 is 1.04 bits per heavy atom. The molecule has 0 spiro atoms. The van der Waals surface area contributed by atoms with Gasteiger partial charge in [0.25, 0.3) is 0 Å². The number of ether oxygens (including phenoxy) is 2. The maximum absolute atomic E-state index is 9.37. The predicted octanol–water partition coefficient (Wildman–Crippen LogP) is 4.03. The second-order valence-corrected chi connectivity index (χ2v) is 7.49. The molecule has 0 aromatic rings. The van der Waals surface area contributed by atoms with Crippen LogP contribution in [0.1, 0.15) is 78.6 Å². The highest BCUT2D eigenvalue weighted by atomic mass is 16.7. The molecule has 2 fully saturated rings. The summed E-state index contributed by atoms with van der Waals surface area (Å²) in [5.41, 5.74) is 0. The zero-order valence-electron chi connectivity index (χ0n) is 15.4. The van der Waals surface area contributed by atoms with E-state index in [1.165, 1.54) is 38.5 Å². The quantitative estimate of drug-likeness (QED) is 0.539. The minimum absolute atomic E-state index is 0.0221. The molecule has 3 nitrogen and oxygen atoms in total. The van der Waals surface area contributed by atoms with Crippen molar-refractivity contribution in [2.24, 2.45) is 5.92 Å². The molecule has 3 atom stereocenters. The molecule has 1 aliphatic carbocycles. The van der Waals surface area contributed by atoms with Gasteiger partial charge in [0.1, 0.15) is 6.10 Å². The fraction of sp³-hybridized carbons (Fsp3) is 0.810. The molecule has 0 radical (unpaired) electrons. The van der Waals surface area contributed by atoms with Crippen LogP contribution in [0.15, 0.2) is 0 Å². The third-order valence-electron chi connectivity index (χ3n) is 4.66. The molecule has 1 saturated carbocycles. The van der Waals surface area contributed by atoms with E-state index < -0.39 is 11.9 Å². The summed E-state index contributed by atoms with van der Waals surface area (Å²) >= 11 is 0. The first kappa shape index (κ1) is 19.3. The number of unbranched alkanes of at least 4 members (excludes halogenated alkanes) is 2. The Morgan fingerprint density at radius 2 is 1.75 bits per heavy atom. The van der Waals surface area contributed by atoms with Crippen LogP contribution in [0, 0.1) is 29.6 Å². The second-order valence-electron chi connectivity index (χ2n) is 7.49. The molecule has 0 amide bonds. The van der Waals surface area contributed by atoms with Crippen molar-refractivity contribution in [1.29, 1.82) is 0 Å². The topological polar surface area (TPSA) is 38.7 Å². The van der Waals surface area contributed by atoms with Gasteiger partial charge in [-0.3, -0.25) is 0 Å². The number of hydrogen-bond donors (Lipinski definition) is 1. The van der Waals surface area contributed by atoms with Crippen LogP contribution in [0.3, 0.4) is 0 Å². The first-order valence-corrected chi connectivity index (χ1v) is 9.52. The lowest BCUT2D eigenvalue weighted by Crippen LogP contribution is -2.21. The van der Waals surface area contributed by atoms with Crippen molar-refractivity contribution >= 4 is 0 Å². The molecule has 1 saturated heterocycles. The van der Waals surface area contributed by atoms with E-state index in [-0.39, 0.29) is 12.2 Å². The van der Waals surface area contributed by atoms with Crippen LogP contribution in [0.2, 0.25) is 0 Å². The van der Waals surface area contributed by atoms with Crippen molar-refractivity contribution in [1.82, 2.24) is 0 Å². The highest BCUT2D eigenvalue weighted by Crippen LogP contribution is 2.35. The van der Waals surface area contributed by atoms with Gasteiger partial charge in [0.2, 0.25) is 0 Å². The number of aliphatic hydroxyl groups is 1. The third kappa shape index (κ3) is 7.27. The van der Waals surface area contributed by atoms with Gasteiger partial charge in [-0.25, -0.2) is 0 Å². The smallest absolute Gasteiger partial charge is 0.163 e. The SMILES string of the molecule is CC[C@H](O)C#CC#CC[C@@H]1OC(C)(C)O[C@H]1CCCCCC1CC1. The van der Waals surface area contributed by atoms with E-state index in [1.54, 1.807) is 0 Å². The Labute approximate surface area is 147 Å². The summed E-state index contributed by atoms with van der Waals surface area (Å²) in [5, 5.41) is 9.37. The summed E-state index contributed by atoms with van der Waals surface area (Å²) in [4.78, 5) is 0. The van der Waals surface area contributed by atoms with E-state index in [0.29, 0.717) is 12.8 Å². The van der Waals surface area contributed by atoms with Crippen LogP contribution in [0.4, 0.5) is 0 Å². The lowest BCUT2D eigenvalue weighted by atomic mass is 10.0. The standard InChI is InChI=1S/C21H32O3/c1-4-18(22)12-8-6-10-14-20-19(23-21(2,3)24-20)13-9-5-7-11-17-15-16-17/h17-20,22H,4-5,7,9,11,13-16H2,1-3H3/t18-,19-,20-/m0/s1. The number of rotatable bonds is 8. The predicted molar refractivity (Wildman–Crippen MR) is 96.1 cm³/mol. The number of aliphatic hydroxyl groups excluding tert-OH is 1. The van der Waals surface area contributed by atoms with Crippen LogP contribution < -0.4 is 0 Å². The number of hydrogen-bond acceptors (Lipinski definition) is 3. The summed E-state index contributed by atoms with van der Waals surface area (Å²) < 4.78 is 12.0. The summed E-state index contributed by atoms with van der Waals surface area (Å²) in [7, 11) is 0. The molecule has 0 unspecified atom stereocenters. The molecule has 2 rings (SSSR count). The fourth-order valence-corrected chi connectivity index (χ4v) is 3.11. The van der Waals surface area contributed by atoms with Crippen molar-refractivity contribution < 1.29 is 14.6 Å². The summed E-state index contributed by atoms with van der Waals surface area (Å²) in [5.74, 6) is 11.8. The Kier molecular flexibility index (Phi) is 7.63. The van der Waals surface area contributed by atoms with Gasteiger partial charge in [-0.05, 0) is 44.4 Å². The van der Waals surface area contributed by atoms with E-state index >= 15 is 0 Å². The van der Waals surface area contributed by atoms with Crippen molar-refractivity contribution in [2.45, 2.75) is 103 Å². The van der Waals surface area contributed by atoms with Crippen molar-refractivity contribution in [2.75, 3.05) is 0 Å². The van der Waals surface area contributed by atoms with Crippen LogP contribution in [0.5, 0.6) is 0 Å². The van der Waals surface area contributed by atoms with Crippen molar-refractivity contribution in [3.63, 3.8) is 0 Å². The highest BCUT2D eigenvalue weighted by Gasteiger charge is 2.40. The van der Waals surface area contributed by atoms with Crippen LogP contribution in [-0.2, 0) is 9.47 Å². The molecule has 3 heteroatoms. The van der Waals surface area contributed by atoms with Crippen LogP contribution >= 0.6 is 0 Å². The Hall–Kier alpha value is -1.00. The van der Waals surface area contributed by atoms with Gasteiger partial charge in [0, 0.05) is 6.42 Å². The third-order valence-corrected chi connectivity index (χ3v) is 4.66. The minimum Gasteiger partial charge on any atom is -0.380 e. The van der Waals surface area contributed by atoms with Crippen molar-refractivity contribution in [3.05, 3.63) is 0 Å². The van der Waals surface area contributed by atoms with E-state index in [9.17, 15) is 5.11 Å². The molecule has 1 aliphatic heterocycles. The second kappa shape index (κ2) is 9.47. The maximum atomic E-state index is 9.37. The van der Waals surface area contributed by atoms with Gasteiger partial charge < -0.3 is 14.6 Å². The molecule has 24 heavy (non-hydrogen) atoms. The van der Waals surface area contributed by atoms with Gasteiger partial charge in [-0.15, -0.1) is 0 Å². The molecule has 0 bridgehead atoms. The van der Waals surface area contributed by atoms with Crippen LogP contribution in [-0.4, -0.2) is 29.2 Å². The van der Waals surface area contributed by atoms with Gasteiger partial charge in [0.05, 0.1) is 12.2 Å². The zero-order chi connectivity index (χ0) is 17.4. The summed E-state index contributed by atoms with van der Waals surface area (Å²) in [6.07, 6.45) is 10.0. The molecule has 0 aromatic heterocycles. The summed E-state index contributed by atoms with van der Waals surface area (Å²) in [6.45, 7) is 5.84. The average Bonchev–Trinajstić information content (AvgIpc) is 3.30. The van der Waals surface area contributed by atoms with E-state index in [1.807, 2.05) is 20.8 Å². The van der Waals surface area contributed by atoms with E-state index in [4.69, 9.17) is 9.47 Å². The molecule has 1 heterocycles. The van der Waals surface area contributed by atoms with Gasteiger partial charge in [-0.2, -0.15) is 0 Å². The maximum Gasteiger partial charge on any atom is 0.163 e. The normalized spacial score (nSPS) is 26.2. The van der Waals surface area contributed by atoms with Gasteiger partial charge >= 0.3 is 0 Å². The van der Waals surface area contributed by atoms with E-state index in [0.717, 1.165) is 12.3 Å². The highest BCUT2D eigenvalue weighted by molar-refractivity contribution is 5.27. The van der Waals surface area contributed by atoms with Crippen molar-refractivity contribution in [3.8, 4) is 23.7 Å². The lowest BCUT2D eigenvalue weighted by molar-refractivity contribution is -0.146. The molecule has 0 aromatic carbocycles.